The highest BCUT2D eigenvalue weighted by molar-refractivity contribution is 7.46. The Bertz CT molecular complexity index is 808. The van der Waals surface area contributed by atoms with Gasteiger partial charge in [0.2, 0.25) is 0 Å². The molecule has 1 fully saturated rings. The van der Waals surface area contributed by atoms with Gasteiger partial charge in [-0.1, -0.05) is 6.92 Å². The zero-order valence-corrected chi connectivity index (χ0v) is 13.6. The van der Waals surface area contributed by atoms with Gasteiger partial charge in [-0.2, -0.15) is 0 Å². The van der Waals surface area contributed by atoms with Gasteiger partial charge in [0.05, 0.1) is 25.1 Å². The molecular formula is C12H18N5O6P. The Morgan fingerprint density at radius 2 is 2.12 bits per heavy atom. The number of phosphoric ester groups is 1. The first kappa shape index (κ1) is 17.2. The van der Waals surface area contributed by atoms with E-state index in [1.54, 1.807) is 11.5 Å². The van der Waals surface area contributed by atoms with Crippen LogP contribution >= 0.6 is 7.82 Å². The van der Waals surface area contributed by atoms with E-state index in [9.17, 15) is 14.8 Å². The first-order valence-corrected chi connectivity index (χ1v) is 8.65. The molecule has 2 heterocycles. The second-order valence-electron chi connectivity index (χ2n) is 6.21. The minimum Gasteiger partial charge on any atom is -0.390 e. The summed E-state index contributed by atoms with van der Waals surface area (Å²) in [4.78, 5) is 29.8. The SMILES string of the molecule is C[C@]1(COP(=O)(O)O)C[C@@H](n2cnc3c(N)ncnc32)[C@H](O)[C@@H]1O. The Hall–Kier alpha value is -1.62. The van der Waals surface area contributed by atoms with Crippen molar-refractivity contribution in [3.63, 3.8) is 0 Å². The fourth-order valence-electron chi connectivity index (χ4n) is 3.09. The van der Waals surface area contributed by atoms with Crippen LogP contribution in [0.2, 0.25) is 0 Å². The number of nitrogen functional groups attached to an aromatic ring is 1. The van der Waals surface area contributed by atoms with Crippen LogP contribution in [0.15, 0.2) is 12.7 Å². The van der Waals surface area contributed by atoms with Gasteiger partial charge in [-0.15, -0.1) is 0 Å². The summed E-state index contributed by atoms with van der Waals surface area (Å²) in [5.41, 5.74) is 5.45. The smallest absolute Gasteiger partial charge is 0.390 e. The number of imidazole rings is 1. The van der Waals surface area contributed by atoms with Crippen LogP contribution in [0.25, 0.3) is 11.2 Å². The fourth-order valence-corrected chi connectivity index (χ4v) is 3.56. The molecule has 0 saturated heterocycles. The van der Waals surface area contributed by atoms with E-state index in [2.05, 4.69) is 19.5 Å². The number of aliphatic hydroxyl groups excluding tert-OH is 2. The molecule has 4 atom stereocenters. The second kappa shape index (κ2) is 5.73. The predicted octanol–water partition coefficient (Wildman–Crippen LogP) is -0.809. The number of hydrogen-bond donors (Lipinski definition) is 5. The largest absolute Gasteiger partial charge is 0.469 e. The van der Waals surface area contributed by atoms with Gasteiger partial charge in [-0.25, -0.2) is 19.5 Å². The molecule has 12 heteroatoms. The van der Waals surface area contributed by atoms with Crippen LogP contribution in [-0.4, -0.2) is 58.3 Å². The lowest BCUT2D eigenvalue weighted by Gasteiger charge is -2.28. The van der Waals surface area contributed by atoms with Crippen LogP contribution in [0.5, 0.6) is 0 Å². The highest BCUT2D eigenvalue weighted by atomic mass is 31.2. The van der Waals surface area contributed by atoms with Crippen LogP contribution in [0.3, 0.4) is 0 Å². The zero-order chi connectivity index (χ0) is 17.7. The van der Waals surface area contributed by atoms with Crippen molar-refractivity contribution in [1.29, 1.82) is 0 Å². The average Bonchev–Trinajstić information content (AvgIpc) is 3.02. The van der Waals surface area contributed by atoms with E-state index < -0.39 is 38.1 Å². The van der Waals surface area contributed by atoms with Gasteiger partial charge in [-0.05, 0) is 6.42 Å². The third-order valence-electron chi connectivity index (χ3n) is 4.41. The molecule has 2 aromatic rings. The molecule has 1 aliphatic carbocycles. The van der Waals surface area contributed by atoms with Gasteiger partial charge in [0, 0.05) is 5.41 Å². The van der Waals surface area contributed by atoms with Gasteiger partial charge in [0.1, 0.15) is 17.9 Å². The third-order valence-corrected chi connectivity index (χ3v) is 4.88. The van der Waals surface area contributed by atoms with Crippen molar-refractivity contribution in [2.45, 2.75) is 31.6 Å². The van der Waals surface area contributed by atoms with E-state index in [0.29, 0.717) is 11.2 Å². The summed E-state index contributed by atoms with van der Waals surface area (Å²) in [6.45, 7) is 1.18. The maximum Gasteiger partial charge on any atom is 0.469 e. The Balaban J connectivity index is 1.92. The quantitative estimate of drug-likeness (QED) is 0.434. The number of fused-ring (bicyclic) bond motifs is 1. The van der Waals surface area contributed by atoms with E-state index in [4.69, 9.17) is 15.5 Å². The van der Waals surface area contributed by atoms with Gasteiger partial charge in [-0.3, -0.25) is 4.52 Å². The highest BCUT2D eigenvalue weighted by Crippen LogP contribution is 2.48. The first-order valence-electron chi connectivity index (χ1n) is 7.12. The number of aliphatic hydroxyl groups is 2. The summed E-state index contributed by atoms with van der Waals surface area (Å²) in [7, 11) is -4.68. The summed E-state index contributed by atoms with van der Waals surface area (Å²) in [6.07, 6.45) is 0.468. The molecule has 0 bridgehead atoms. The molecule has 0 radical (unpaired) electrons. The molecule has 3 rings (SSSR count). The Labute approximate surface area is 136 Å². The summed E-state index contributed by atoms with van der Waals surface area (Å²) >= 11 is 0. The monoisotopic (exact) mass is 359 g/mol. The number of nitrogens with two attached hydrogens (primary N) is 1. The standard InChI is InChI=1S/C12H18N5O6P/c1-12(3-23-24(20,21)22)2-6(8(18)9(12)19)17-5-16-7-10(13)14-4-15-11(7)17/h4-6,8-9,18-19H,2-3H2,1H3,(H2,13,14,15)(H2,20,21,22)/t6-,8+,9+,12-/m1/s1. The maximum absolute atomic E-state index is 10.9. The van der Waals surface area contributed by atoms with Crippen molar-refractivity contribution < 1.29 is 29.1 Å². The number of anilines is 1. The number of phosphoric acid groups is 1. The molecule has 11 nitrogen and oxygen atoms in total. The van der Waals surface area contributed by atoms with Crippen molar-refractivity contribution in [2.24, 2.45) is 5.41 Å². The minimum absolute atomic E-state index is 0.194. The summed E-state index contributed by atoms with van der Waals surface area (Å²) < 4.78 is 17.0. The average molecular weight is 359 g/mol. The second-order valence-corrected chi connectivity index (χ2v) is 7.45. The molecule has 132 valence electrons. The van der Waals surface area contributed by atoms with E-state index in [1.165, 1.54) is 12.7 Å². The van der Waals surface area contributed by atoms with Gasteiger partial charge >= 0.3 is 7.82 Å². The van der Waals surface area contributed by atoms with Crippen LogP contribution in [0.1, 0.15) is 19.4 Å². The van der Waals surface area contributed by atoms with Crippen LogP contribution in [0.4, 0.5) is 5.82 Å². The summed E-state index contributed by atoms with van der Waals surface area (Å²) in [6, 6.07) is -0.607. The van der Waals surface area contributed by atoms with Crippen LogP contribution < -0.4 is 5.73 Å². The van der Waals surface area contributed by atoms with Gasteiger partial charge in [0.15, 0.2) is 11.5 Å². The van der Waals surface area contributed by atoms with Gasteiger partial charge < -0.3 is 30.3 Å². The molecule has 0 aliphatic heterocycles. The molecule has 1 saturated carbocycles. The van der Waals surface area contributed by atoms with E-state index in [0.717, 1.165) is 0 Å². The number of rotatable bonds is 4. The lowest BCUT2D eigenvalue weighted by atomic mass is 9.87. The van der Waals surface area contributed by atoms with Crippen molar-refractivity contribution in [2.75, 3.05) is 12.3 Å². The van der Waals surface area contributed by atoms with E-state index >= 15 is 0 Å². The number of hydrogen-bond acceptors (Lipinski definition) is 8. The third kappa shape index (κ3) is 2.90. The number of aromatic nitrogens is 4. The van der Waals surface area contributed by atoms with Crippen molar-refractivity contribution in [1.82, 2.24) is 19.5 Å². The Morgan fingerprint density at radius 3 is 2.79 bits per heavy atom. The minimum atomic E-state index is -4.68. The normalized spacial score (nSPS) is 31.0. The van der Waals surface area contributed by atoms with Gasteiger partial charge in [0.25, 0.3) is 0 Å². The molecule has 2 aromatic heterocycles. The fraction of sp³-hybridized carbons (Fsp3) is 0.583. The summed E-state index contributed by atoms with van der Waals surface area (Å²) in [5.74, 6) is 0.194. The van der Waals surface area contributed by atoms with E-state index in [1.807, 2.05) is 0 Å². The molecule has 0 spiro atoms. The van der Waals surface area contributed by atoms with Crippen molar-refractivity contribution >= 4 is 24.8 Å². The highest BCUT2D eigenvalue weighted by Gasteiger charge is 2.51. The summed E-state index contributed by atoms with van der Waals surface area (Å²) in [5, 5.41) is 20.7. The van der Waals surface area contributed by atoms with Crippen LogP contribution in [0, 0.1) is 5.41 Å². The Kier molecular flexibility index (Phi) is 4.11. The van der Waals surface area contributed by atoms with E-state index in [-0.39, 0.29) is 12.2 Å². The topological polar surface area (TPSA) is 177 Å². The molecule has 0 aromatic carbocycles. The molecule has 6 N–H and O–H groups in total. The number of nitrogens with zero attached hydrogens (tertiary/aromatic N) is 4. The maximum atomic E-state index is 10.9. The van der Waals surface area contributed by atoms with Crippen molar-refractivity contribution in [3.05, 3.63) is 12.7 Å². The molecular weight excluding hydrogens is 341 g/mol. The molecule has 1 aliphatic rings. The van der Waals surface area contributed by atoms with Crippen molar-refractivity contribution in [3.8, 4) is 0 Å². The first-order chi connectivity index (χ1) is 11.1. The Morgan fingerprint density at radius 1 is 1.42 bits per heavy atom. The van der Waals surface area contributed by atoms with Crippen LogP contribution in [-0.2, 0) is 9.09 Å². The predicted molar refractivity (Wildman–Crippen MR) is 81.5 cm³/mol. The lowest BCUT2D eigenvalue weighted by molar-refractivity contribution is -0.0397. The lowest BCUT2D eigenvalue weighted by Crippen LogP contribution is -2.37. The molecule has 0 amide bonds. The molecule has 0 unspecified atom stereocenters. The molecule has 24 heavy (non-hydrogen) atoms. The zero-order valence-electron chi connectivity index (χ0n) is 12.7.